The number of allylic oxidation sites excluding steroid dienone is 3. The molecule has 39 heavy (non-hydrogen) atoms. The van der Waals surface area contributed by atoms with Gasteiger partial charge in [-0.25, -0.2) is 9.97 Å². The number of nitroso groups, excluding NO2 is 1. The van der Waals surface area contributed by atoms with Gasteiger partial charge >= 0.3 is 0 Å². The molecule has 1 saturated heterocycles. The van der Waals surface area contributed by atoms with Crippen LogP contribution in [0.1, 0.15) is 62.0 Å². The monoisotopic (exact) mass is 544 g/mol. The number of likely N-dealkylation sites (tertiary alicyclic amines) is 1. The summed E-state index contributed by atoms with van der Waals surface area (Å²) in [6, 6.07) is 12.9. The summed E-state index contributed by atoms with van der Waals surface area (Å²) in [6.45, 7) is 5.68. The molecule has 1 fully saturated rings. The Morgan fingerprint density at radius 3 is 2.64 bits per heavy atom. The van der Waals surface area contributed by atoms with Crippen molar-refractivity contribution in [3.05, 3.63) is 87.5 Å². The molecule has 1 aliphatic rings. The number of amides is 2. The van der Waals surface area contributed by atoms with Crippen LogP contribution in [0.5, 0.6) is 0 Å². The molecule has 1 aliphatic heterocycles. The third kappa shape index (κ3) is 7.24. The molecule has 0 radical (unpaired) electrons. The van der Waals surface area contributed by atoms with E-state index in [2.05, 4.69) is 37.3 Å². The second kappa shape index (κ2) is 13.4. The summed E-state index contributed by atoms with van der Waals surface area (Å²) in [6.07, 6.45) is 10.2. The minimum absolute atomic E-state index is 0.00121. The minimum Gasteiger partial charge on any atom is -0.338 e. The van der Waals surface area contributed by atoms with Crippen LogP contribution in [-0.4, -0.2) is 39.8 Å². The molecule has 2 amide bonds. The molecule has 8 heteroatoms. The lowest BCUT2D eigenvalue weighted by Crippen LogP contribution is -2.28. The summed E-state index contributed by atoms with van der Waals surface area (Å²) >= 11 is 6.09. The smallest absolute Gasteiger partial charge is 0.286 e. The van der Waals surface area contributed by atoms with Gasteiger partial charge in [0.2, 0.25) is 0 Å². The van der Waals surface area contributed by atoms with Crippen molar-refractivity contribution in [1.82, 2.24) is 14.9 Å². The Morgan fingerprint density at radius 2 is 1.90 bits per heavy atom. The Kier molecular flexibility index (Phi) is 9.71. The van der Waals surface area contributed by atoms with Gasteiger partial charge in [-0.1, -0.05) is 54.5 Å². The molecule has 2 aromatic carbocycles. The van der Waals surface area contributed by atoms with Crippen molar-refractivity contribution in [2.24, 2.45) is 11.1 Å². The zero-order valence-electron chi connectivity index (χ0n) is 22.4. The predicted octanol–water partition coefficient (Wildman–Crippen LogP) is 7.33. The maximum Gasteiger partial charge on any atom is 0.286 e. The van der Waals surface area contributed by atoms with Crippen molar-refractivity contribution in [2.45, 2.75) is 52.4 Å². The van der Waals surface area contributed by atoms with E-state index in [4.69, 9.17) is 21.6 Å². The van der Waals surface area contributed by atoms with Gasteiger partial charge in [0.05, 0.1) is 22.4 Å². The maximum absolute atomic E-state index is 13.4. The van der Waals surface area contributed by atoms with Crippen molar-refractivity contribution in [3.8, 4) is 11.3 Å². The van der Waals surface area contributed by atoms with Crippen molar-refractivity contribution >= 4 is 34.4 Å². The van der Waals surface area contributed by atoms with Gasteiger partial charge in [-0.15, -0.1) is 4.91 Å². The maximum atomic E-state index is 13.4. The number of aryl methyl sites for hydroxylation is 1. The van der Waals surface area contributed by atoms with E-state index in [1.54, 1.807) is 0 Å². The van der Waals surface area contributed by atoms with Gasteiger partial charge in [0.1, 0.15) is 0 Å². The number of rotatable bonds is 10. The number of hydrogen-bond donors (Lipinski definition) is 0. The minimum atomic E-state index is -0.645. The van der Waals surface area contributed by atoms with Crippen molar-refractivity contribution in [2.75, 3.05) is 13.1 Å². The molecule has 7 nitrogen and oxygen atoms in total. The van der Waals surface area contributed by atoms with E-state index in [1.807, 2.05) is 47.4 Å². The highest BCUT2D eigenvalue weighted by Crippen LogP contribution is 2.28. The van der Waals surface area contributed by atoms with Crippen LogP contribution in [0.4, 0.5) is 0 Å². The van der Waals surface area contributed by atoms with E-state index < -0.39 is 5.91 Å². The van der Waals surface area contributed by atoms with E-state index in [1.165, 1.54) is 5.57 Å². The summed E-state index contributed by atoms with van der Waals surface area (Å²) in [4.78, 5) is 46.8. The first-order valence-corrected chi connectivity index (χ1v) is 13.8. The lowest BCUT2D eigenvalue weighted by Gasteiger charge is -2.17. The molecule has 0 unspecified atom stereocenters. The number of fused-ring (bicyclic) bond motifs is 1. The van der Waals surface area contributed by atoms with Crippen LogP contribution >= 0.6 is 11.6 Å². The highest BCUT2D eigenvalue weighted by Gasteiger charge is 2.28. The predicted molar refractivity (Wildman–Crippen MR) is 156 cm³/mol. The normalized spacial score (nSPS) is 15.8. The number of aromatic nitrogens is 2. The molecule has 0 N–H and O–H groups in total. The second-order valence-corrected chi connectivity index (χ2v) is 10.3. The molecular weight excluding hydrogens is 512 g/mol. The number of nitrogens with zero attached hydrogens (tertiary/aromatic N) is 4. The number of carbonyl (C=O) groups is 2. The molecule has 202 valence electrons. The lowest BCUT2D eigenvalue weighted by atomic mass is 9.99. The topological polar surface area (TPSA) is 92.6 Å². The molecule has 4 rings (SSSR count). The average Bonchev–Trinajstić information content (AvgIpc) is 3.45. The van der Waals surface area contributed by atoms with E-state index in [9.17, 15) is 14.5 Å². The average molecular weight is 545 g/mol. The molecule has 0 bridgehead atoms. The van der Waals surface area contributed by atoms with Gasteiger partial charge in [0.15, 0.2) is 0 Å². The Morgan fingerprint density at radius 1 is 1.10 bits per heavy atom. The van der Waals surface area contributed by atoms with Crippen LogP contribution in [0.15, 0.2) is 71.4 Å². The van der Waals surface area contributed by atoms with Gasteiger partial charge in [-0.2, -0.15) is 0 Å². The zero-order valence-corrected chi connectivity index (χ0v) is 23.2. The van der Waals surface area contributed by atoms with Crippen molar-refractivity contribution in [1.29, 1.82) is 0 Å². The van der Waals surface area contributed by atoms with Crippen LogP contribution in [-0.2, 0) is 11.2 Å². The van der Waals surface area contributed by atoms with Gasteiger partial charge < -0.3 is 4.90 Å². The Bertz CT molecular complexity index is 1420. The number of benzene rings is 2. The first kappa shape index (κ1) is 28.3. The summed E-state index contributed by atoms with van der Waals surface area (Å²) in [5.41, 5.74) is 5.62. The third-order valence-corrected chi connectivity index (χ3v) is 7.36. The Balaban J connectivity index is 1.58. The molecule has 2 heterocycles. The molecule has 0 spiro atoms. The fraction of sp³-hybridized carbons (Fsp3) is 0.355. The Labute approximate surface area is 234 Å². The third-order valence-electron chi connectivity index (χ3n) is 7.11. The summed E-state index contributed by atoms with van der Waals surface area (Å²) in [7, 11) is 0. The highest BCUT2D eigenvalue weighted by molar-refractivity contribution is 6.30. The number of unbranched alkanes of at least 4 members (excludes halogenated alkanes) is 1. The van der Waals surface area contributed by atoms with Gasteiger partial charge in [-0.3, -0.25) is 9.59 Å². The molecule has 3 aromatic rings. The van der Waals surface area contributed by atoms with E-state index in [0.29, 0.717) is 53.3 Å². The molecule has 1 aromatic heterocycles. The van der Waals surface area contributed by atoms with Crippen LogP contribution in [0.3, 0.4) is 0 Å². The van der Waals surface area contributed by atoms with E-state index in [-0.39, 0.29) is 12.3 Å². The van der Waals surface area contributed by atoms with Crippen LogP contribution in [0.25, 0.3) is 22.3 Å². The highest BCUT2D eigenvalue weighted by atomic mass is 35.5. The molecule has 0 aliphatic carbocycles. The van der Waals surface area contributed by atoms with Crippen LogP contribution in [0.2, 0.25) is 5.02 Å². The van der Waals surface area contributed by atoms with E-state index in [0.717, 1.165) is 36.3 Å². The van der Waals surface area contributed by atoms with Gasteiger partial charge in [-0.05, 0) is 75.3 Å². The SMILES string of the molecule is CC/C=C\C=C(/C)[C@@H]1CCN(C(=O)c2ccc3nc(-c4ccc(Cl)cc4)c(CCCCC(=O)N=O)nc3c2)C1. The van der Waals surface area contributed by atoms with Gasteiger partial charge in [0, 0.05) is 40.8 Å². The Hall–Kier alpha value is -3.71. The largest absolute Gasteiger partial charge is 0.338 e. The fourth-order valence-electron chi connectivity index (χ4n) is 4.84. The van der Waals surface area contributed by atoms with E-state index >= 15 is 0 Å². The summed E-state index contributed by atoms with van der Waals surface area (Å²) < 4.78 is 0. The first-order chi connectivity index (χ1) is 18.9. The lowest BCUT2D eigenvalue weighted by molar-refractivity contribution is -0.118. The number of halogens is 1. The fourth-order valence-corrected chi connectivity index (χ4v) is 4.97. The van der Waals surface area contributed by atoms with Crippen LogP contribution < -0.4 is 0 Å². The quantitative estimate of drug-likeness (QED) is 0.151. The summed E-state index contributed by atoms with van der Waals surface area (Å²) in [5, 5.41) is 3.09. The van der Waals surface area contributed by atoms with Gasteiger partial charge in [0.25, 0.3) is 11.8 Å². The zero-order chi connectivity index (χ0) is 27.8. The molecule has 0 saturated carbocycles. The van der Waals surface area contributed by atoms with Crippen molar-refractivity contribution < 1.29 is 9.59 Å². The number of carbonyl (C=O) groups excluding carboxylic acids is 2. The number of hydrogen-bond acceptors (Lipinski definition) is 5. The standard InChI is InChI=1S/C31H33ClN4O3/c1-3-4-5-8-21(2)24-17-18-36(20-24)31(38)23-13-16-26-28(19-23)33-27(9-6-7-10-29(37)35-39)30(34-26)22-11-14-25(32)15-12-22/h4-5,8,11-16,19,24H,3,6-7,9-10,17-18,20H2,1-2H3/b5-4-,21-8+/t24-/m1/s1. The molecule has 1 atom stereocenters. The van der Waals surface area contributed by atoms with Crippen molar-refractivity contribution in [3.63, 3.8) is 0 Å². The second-order valence-electron chi connectivity index (χ2n) is 9.91. The molecular formula is C31H33ClN4O3. The van der Waals surface area contributed by atoms with Crippen LogP contribution in [0, 0.1) is 10.8 Å². The first-order valence-electron chi connectivity index (χ1n) is 13.4. The summed E-state index contributed by atoms with van der Waals surface area (Å²) in [5.74, 6) is -0.278.